The number of nitrogens with one attached hydrogen (secondary N) is 1. The second-order valence-electron chi connectivity index (χ2n) is 5.63. The zero-order chi connectivity index (χ0) is 14.9. The molecule has 2 aromatic rings. The summed E-state index contributed by atoms with van der Waals surface area (Å²) in [4.78, 5) is 13.1. The summed E-state index contributed by atoms with van der Waals surface area (Å²) < 4.78 is 1.22. The molecule has 110 valence electrons. The van der Waals surface area contributed by atoms with Gasteiger partial charge in [-0.2, -0.15) is 0 Å². The van der Waals surface area contributed by atoms with Gasteiger partial charge in [-0.05, 0) is 47.9 Å². The SMILES string of the molecule is NC(=S)C1(C(=O)Nc2ccc3sccc3c2)CCCCC1. The quantitative estimate of drug-likeness (QED) is 0.839. The second-order valence-corrected chi connectivity index (χ2v) is 7.02. The van der Waals surface area contributed by atoms with Crippen molar-refractivity contribution in [2.75, 3.05) is 5.32 Å². The Morgan fingerprint density at radius 1 is 1.24 bits per heavy atom. The molecule has 1 heterocycles. The Morgan fingerprint density at radius 2 is 2.00 bits per heavy atom. The molecule has 0 unspecified atom stereocenters. The summed E-state index contributed by atoms with van der Waals surface area (Å²) in [6, 6.07) is 8.02. The zero-order valence-electron chi connectivity index (χ0n) is 11.7. The number of hydrogen-bond acceptors (Lipinski definition) is 3. The third-order valence-corrected chi connectivity index (χ3v) is 5.61. The lowest BCUT2D eigenvalue weighted by molar-refractivity contribution is -0.123. The molecule has 1 fully saturated rings. The lowest BCUT2D eigenvalue weighted by atomic mass is 9.73. The minimum absolute atomic E-state index is 0.0516. The Bertz CT molecular complexity index is 686. The summed E-state index contributed by atoms with van der Waals surface area (Å²) in [5, 5.41) is 6.21. The highest BCUT2D eigenvalue weighted by molar-refractivity contribution is 7.80. The minimum Gasteiger partial charge on any atom is -0.392 e. The van der Waals surface area contributed by atoms with Crippen molar-refractivity contribution in [2.24, 2.45) is 11.1 Å². The van der Waals surface area contributed by atoms with E-state index < -0.39 is 5.41 Å². The lowest BCUT2D eigenvalue weighted by Crippen LogP contribution is -2.47. The van der Waals surface area contributed by atoms with E-state index in [4.69, 9.17) is 18.0 Å². The average Bonchev–Trinajstić information content (AvgIpc) is 2.95. The number of amides is 1. The second kappa shape index (κ2) is 5.73. The Balaban J connectivity index is 1.84. The van der Waals surface area contributed by atoms with Gasteiger partial charge in [-0.15, -0.1) is 11.3 Å². The fraction of sp³-hybridized carbons (Fsp3) is 0.375. The summed E-state index contributed by atoms with van der Waals surface area (Å²) in [6.45, 7) is 0. The molecule has 0 saturated heterocycles. The van der Waals surface area contributed by atoms with Crippen molar-refractivity contribution in [1.29, 1.82) is 0 Å². The van der Waals surface area contributed by atoms with Gasteiger partial charge in [0.05, 0.1) is 10.4 Å². The predicted octanol–water partition coefficient (Wildman–Crippen LogP) is 4.08. The van der Waals surface area contributed by atoms with Crippen LogP contribution in [0.1, 0.15) is 32.1 Å². The van der Waals surface area contributed by atoms with Crippen LogP contribution in [0.5, 0.6) is 0 Å². The summed E-state index contributed by atoms with van der Waals surface area (Å²) in [7, 11) is 0. The number of fused-ring (bicyclic) bond motifs is 1. The first-order chi connectivity index (χ1) is 10.1. The number of rotatable bonds is 3. The lowest BCUT2D eigenvalue weighted by Gasteiger charge is -2.34. The molecule has 1 aromatic heterocycles. The first kappa shape index (κ1) is 14.5. The van der Waals surface area contributed by atoms with Gasteiger partial charge in [0.25, 0.3) is 0 Å². The monoisotopic (exact) mass is 318 g/mol. The van der Waals surface area contributed by atoms with E-state index >= 15 is 0 Å². The van der Waals surface area contributed by atoms with Crippen LogP contribution < -0.4 is 11.1 Å². The van der Waals surface area contributed by atoms with E-state index in [1.54, 1.807) is 11.3 Å². The molecule has 1 amide bonds. The van der Waals surface area contributed by atoms with Crippen molar-refractivity contribution in [3.05, 3.63) is 29.6 Å². The van der Waals surface area contributed by atoms with Crippen LogP contribution >= 0.6 is 23.6 Å². The van der Waals surface area contributed by atoms with Crippen molar-refractivity contribution >= 4 is 50.2 Å². The van der Waals surface area contributed by atoms with Crippen LogP contribution in [0.25, 0.3) is 10.1 Å². The number of benzene rings is 1. The number of nitrogens with two attached hydrogens (primary N) is 1. The summed E-state index contributed by atoms with van der Waals surface area (Å²) in [5.41, 5.74) is 6.05. The fourth-order valence-corrected chi connectivity index (χ4v) is 4.10. The van der Waals surface area contributed by atoms with Gasteiger partial charge in [-0.1, -0.05) is 31.5 Å². The number of carbonyl (C=O) groups excluding carboxylic acids is 1. The maximum atomic E-state index is 12.7. The van der Waals surface area contributed by atoms with E-state index in [2.05, 4.69) is 11.4 Å². The topological polar surface area (TPSA) is 55.1 Å². The maximum absolute atomic E-state index is 12.7. The molecule has 0 atom stereocenters. The Hall–Kier alpha value is -1.46. The molecule has 3 rings (SSSR count). The molecule has 0 aliphatic heterocycles. The van der Waals surface area contributed by atoms with Gasteiger partial charge in [0.1, 0.15) is 0 Å². The third-order valence-electron chi connectivity index (χ3n) is 4.32. The standard InChI is InChI=1S/C16H18N2OS2/c17-14(20)16(7-2-1-3-8-16)15(19)18-12-4-5-13-11(10-12)6-9-21-13/h4-6,9-10H,1-3,7-8H2,(H2,17,20)(H,18,19). The Kier molecular flexibility index (Phi) is 3.95. The first-order valence-electron chi connectivity index (χ1n) is 7.20. The highest BCUT2D eigenvalue weighted by atomic mass is 32.1. The van der Waals surface area contributed by atoms with Gasteiger partial charge >= 0.3 is 0 Å². The van der Waals surface area contributed by atoms with Gasteiger partial charge in [0.15, 0.2) is 0 Å². The molecule has 0 spiro atoms. The fourth-order valence-electron chi connectivity index (χ4n) is 3.04. The number of thiocarbonyl (C=S) groups is 1. The van der Waals surface area contributed by atoms with Crippen LogP contribution in [0, 0.1) is 5.41 Å². The van der Waals surface area contributed by atoms with Gasteiger partial charge in [-0.3, -0.25) is 4.79 Å². The molecule has 0 radical (unpaired) electrons. The number of carbonyl (C=O) groups is 1. The molecule has 5 heteroatoms. The molecular formula is C16H18N2OS2. The van der Waals surface area contributed by atoms with E-state index in [1.807, 2.05) is 23.6 Å². The number of hydrogen-bond donors (Lipinski definition) is 2. The molecule has 0 bridgehead atoms. The van der Waals surface area contributed by atoms with Gasteiger partial charge in [-0.25, -0.2) is 0 Å². The van der Waals surface area contributed by atoms with Crippen LogP contribution in [-0.4, -0.2) is 10.9 Å². The van der Waals surface area contributed by atoms with Crippen LogP contribution in [0.3, 0.4) is 0 Å². The number of anilines is 1. The zero-order valence-corrected chi connectivity index (χ0v) is 13.4. The van der Waals surface area contributed by atoms with Crippen molar-refractivity contribution in [1.82, 2.24) is 0 Å². The van der Waals surface area contributed by atoms with Crippen molar-refractivity contribution in [3.8, 4) is 0 Å². The third kappa shape index (κ3) is 2.68. The minimum atomic E-state index is -0.669. The van der Waals surface area contributed by atoms with E-state index in [1.165, 1.54) is 4.70 Å². The first-order valence-corrected chi connectivity index (χ1v) is 8.49. The summed E-state index contributed by atoms with van der Waals surface area (Å²) in [6.07, 6.45) is 4.69. The van der Waals surface area contributed by atoms with Gasteiger partial charge < -0.3 is 11.1 Å². The van der Waals surface area contributed by atoms with Crippen LogP contribution in [0.2, 0.25) is 0 Å². The van der Waals surface area contributed by atoms with Crippen LogP contribution in [-0.2, 0) is 4.79 Å². The molecule has 3 N–H and O–H groups in total. The largest absolute Gasteiger partial charge is 0.392 e. The summed E-state index contributed by atoms with van der Waals surface area (Å²) >= 11 is 6.90. The molecule has 1 aromatic carbocycles. The van der Waals surface area contributed by atoms with Crippen molar-refractivity contribution < 1.29 is 4.79 Å². The van der Waals surface area contributed by atoms with Gasteiger partial charge in [0, 0.05) is 10.4 Å². The summed E-state index contributed by atoms with van der Waals surface area (Å²) in [5.74, 6) is -0.0516. The van der Waals surface area contributed by atoms with E-state index in [0.717, 1.165) is 43.2 Å². The van der Waals surface area contributed by atoms with Crippen LogP contribution in [0.4, 0.5) is 5.69 Å². The predicted molar refractivity (Wildman–Crippen MR) is 92.8 cm³/mol. The normalized spacial score (nSPS) is 17.5. The van der Waals surface area contributed by atoms with E-state index in [9.17, 15) is 4.79 Å². The van der Waals surface area contributed by atoms with Crippen LogP contribution in [0.15, 0.2) is 29.6 Å². The highest BCUT2D eigenvalue weighted by Crippen LogP contribution is 2.38. The maximum Gasteiger partial charge on any atom is 0.237 e. The average molecular weight is 318 g/mol. The molecule has 3 nitrogen and oxygen atoms in total. The number of thiophene rings is 1. The molecule has 21 heavy (non-hydrogen) atoms. The smallest absolute Gasteiger partial charge is 0.237 e. The molecular weight excluding hydrogens is 300 g/mol. The highest BCUT2D eigenvalue weighted by Gasteiger charge is 2.42. The Morgan fingerprint density at radius 3 is 2.71 bits per heavy atom. The van der Waals surface area contributed by atoms with E-state index in [-0.39, 0.29) is 5.91 Å². The van der Waals surface area contributed by atoms with Crippen molar-refractivity contribution in [2.45, 2.75) is 32.1 Å². The van der Waals surface area contributed by atoms with Crippen molar-refractivity contribution in [3.63, 3.8) is 0 Å². The molecule has 1 aliphatic rings. The van der Waals surface area contributed by atoms with Gasteiger partial charge in [0.2, 0.25) is 5.91 Å². The molecule has 1 saturated carbocycles. The Labute approximate surface area is 133 Å². The molecule has 1 aliphatic carbocycles. The van der Waals surface area contributed by atoms with E-state index in [0.29, 0.717) is 4.99 Å².